The van der Waals surface area contributed by atoms with Gasteiger partial charge in [0.25, 0.3) is 0 Å². The molecule has 5 heteroatoms. The topological polar surface area (TPSA) is 68.9 Å². The van der Waals surface area contributed by atoms with Crippen molar-refractivity contribution in [2.24, 2.45) is 10.7 Å². The van der Waals surface area contributed by atoms with Crippen molar-refractivity contribution in [3.05, 3.63) is 64.7 Å². The van der Waals surface area contributed by atoms with E-state index in [1.165, 1.54) is 16.7 Å². The Morgan fingerprint density at radius 1 is 1.07 bits per heavy atom. The van der Waals surface area contributed by atoms with Crippen LogP contribution in [0.15, 0.2) is 47.5 Å². The third-order valence-electron chi connectivity index (χ3n) is 4.60. The minimum atomic E-state index is 0.319. The molecule has 3 N–H and O–H groups in total. The van der Waals surface area contributed by atoms with Gasteiger partial charge in [0.05, 0.1) is 19.3 Å². The van der Waals surface area contributed by atoms with Crippen molar-refractivity contribution in [3.63, 3.8) is 0 Å². The van der Waals surface area contributed by atoms with Crippen molar-refractivity contribution in [1.29, 1.82) is 0 Å². The molecule has 0 amide bonds. The molecule has 2 aromatic rings. The normalized spacial score (nSPS) is 15.7. The van der Waals surface area contributed by atoms with Gasteiger partial charge in [0, 0.05) is 18.9 Å². The number of aliphatic imine (C=N–C) groups is 1. The highest BCUT2D eigenvalue weighted by atomic mass is 16.5. The predicted octanol–water partition coefficient (Wildman–Crippen LogP) is 3.93. The number of ether oxygens (including phenoxy) is 2. The van der Waals surface area contributed by atoms with Crippen LogP contribution in [0.5, 0.6) is 0 Å². The van der Waals surface area contributed by atoms with Gasteiger partial charge in [-0.25, -0.2) is 4.99 Å². The molecule has 0 radical (unpaired) electrons. The van der Waals surface area contributed by atoms with E-state index in [4.69, 9.17) is 15.2 Å². The summed E-state index contributed by atoms with van der Waals surface area (Å²) < 4.78 is 11.3. The molecule has 1 aliphatic heterocycles. The molecule has 2 aromatic carbocycles. The molecule has 27 heavy (non-hydrogen) atoms. The highest BCUT2D eigenvalue weighted by molar-refractivity contribution is 5.92. The third-order valence-corrected chi connectivity index (χ3v) is 4.60. The SMILES string of the molecule is Cc1cc(C)cc(NC(N)=NCc2ccc(COC3CCOCC3)cc2)c1. The van der Waals surface area contributed by atoms with Crippen molar-refractivity contribution >= 4 is 11.6 Å². The van der Waals surface area contributed by atoms with Gasteiger partial charge in [0.15, 0.2) is 5.96 Å². The van der Waals surface area contributed by atoms with Gasteiger partial charge in [-0.2, -0.15) is 0 Å². The van der Waals surface area contributed by atoms with Crippen LogP contribution in [-0.4, -0.2) is 25.3 Å². The van der Waals surface area contributed by atoms with Crippen LogP contribution in [0.3, 0.4) is 0 Å². The average Bonchev–Trinajstić information content (AvgIpc) is 2.65. The number of rotatable bonds is 6. The number of nitrogens with one attached hydrogen (secondary N) is 1. The molecule has 1 saturated heterocycles. The summed E-state index contributed by atoms with van der Waals surface area (Å²) in [5.41, 5.74) is 11.7. The van der Waals surface area contributed by atoms with E-state index >= 15 is 0 Å². The molecule has 3 rings (SSSR count). The second-order valence-electron chi connectivity index (χ2n) is 7.14. The van der Waals surface area contributed by atoms with Gasteiger partial charge in [-0.3, -0.25) is 0 Å². The molecular weight excluding hydrogens is 338 g/mol. The molecule has 0 spiro atoms. The van der Waals surface area contributed by atoms with Crippen LogP contribution in [0, 0.1) is 13.8 Å². The summed E-state index contributed by atoms with van der Waals surface area (Å²) >= 11 is 0. The van der Waals surface area contributed by atoms with Crippen molar-refractivity contribution < 1.29 is 9.47 Å². The molecule has 0 aromatic heterocycles. The summed E-state index contributed by atoms with van der Waals surface area (Å²) in [6.45, 7) is 6.94. The summed E-state index contributed by atoms with van der Waals surface area (Å²) in [4.78, 5) is 4.44. The molecular formula is C22H29N3O2. The minimum absolute atomic E-state index is 0.319. The van der Waals surface area contributed by atoms with E-state index in [2.05, 4.69) is 66.6 Å². The third kappa shape index (κ3) is 6.38. The Morgan fingerprint density at radius 2 is 1.70 bits per heavy atom. The maximum Gasteiger partial charge on any atom is 0.193 e. The quantitative estimate of drug-likeness (QED) is 0.600. The van der Waals surface area contributed by atoms with Crippen LogP contribution < -0.4 is 11.1 Å². The molecule has 0 bridgehead atoms. The zero-order valence-electron chi connectivity index (χ0n) is 16.2. The highest BCUT2D eigenvalue weighted by Crippen LogP contribution is 2.15. The number of nitrogens with zero attached hydrogens (tertiary/aromatic N) is 1. The molecule has 5 nitrogen and oxygen atoms in total. The van der Waals surface area contributed by atoms with Crippen molar-refractivity contribution in [2.75, 3.05) is 18.5 Å². The van der Waals surface area contributed by atoms with Gasteiger partial charge < -0.3 is 20.5 Å². The van der Waals surface area contributed by atoms with E-state index in [0.717, 1.165) is 37.3 Å². The summed E-state index contributed by atoms with van der Waals surface area (Å²) in [6.07, 6.45) is 2.29. The molecule has 1 fully saturated rings. The van der Waals surface area contributed by atoms with Gasteiger partial charge in [0.2, 0.25) is 0 Å². The Bertz CT molecular complexity index is 745. The van der Waals surface area contributed by atoms with Gasteiger partial charge >= 0.3 is 0 Å². The van der Waals surface area contributed by atoms with E-state index < -0.39 is 0 Å². The van der Waals surface area contributed by atoms with Crippen molar-refractivity contribution in [2.45, 2.75) is 45.9 Å². The number of anilines is 1. The maximum atomic E-state index is 6.02. The fraction of sp³-hybridized carbons (Fsp3) is 0.409. The first-order chi connectivity index (χ1) is 13.1. The number of hydrogen-bond donors (Lipinski definition) is 2. The highest BCUT2D eigenvalue weighted by Gasteiger charge is 2.13. The summed E-state index contributed by atoms with van der Waals surface area (Å²) in [6, 6.07) is 14.6. The fourth-order valence-corrected chi connectivity index (χ4v) is 3.21. The number of guanidine groups is 1. The first-order valence-electron chi connectivity index (χ1n) is 9.51. The number of hydrogen-bond acceptors (Lipinski definition) is 3. The van der Waals surface area contributed by atoms with Crippen LogP contribution in [0.25, 0.3) is 0 Å². The zero-order chi connectivity index (χ0) is 19.1. The van der Waals surface area contributed by atoms with E-state index in [9.17, 15) is 0 Å². The van der Waals surface area contributed by atoms with Gasteiger partial charge in [0.1, 0.15) is 0 Å². The first-order valence-corrected chi connectivity index (χ1v) is 9.51. The summed E-state index contributed by atoms with van der Waals surface area (Å²) in [5.74, 6) is 0.423. The van der Waals surface area contributed by atoms with Crippen molar-refractivity contribution in [1.82, 2.24) is 0 Å². The Hall–Kier alpha value is -2.37. The van der Waals surface area contributed by atoms with Gasteiger partial charge in [-0.1, -0.05) is 30.3 Å². The maximum absolute atomic E-state index is 6.02. The summed E-state index contributed by atoms with van der Waals surface area (Å²) in [5, 5.41) is 3.16. The van der Waals surface area contributed by atoms with Crippen LogP contribution in [0.2, 0.25) is 0 Å². The predicted molar refractivity (Wildman–Crippen MR) is 110 cm³/mol. The van der Waals surface area contributed by atoms with E-state index in [-0.39, 0.29) is 0 Å². The van der Waals surface area contributed by atoms with Crippen LogP contribution in [0.1, 0.15) is 35.1 Å². The Morgan fingerprint density at radius 3 is 2.37 bits per heavy atom. The first kappa shape index (κ1) is 19.4. The molecule has 0 saturated carbocycles. The monoisotopic (exact) mass is 367 g/mol. The molecule has 144 valence electrons. The summed E-state index contributed by atoms with van der Waals surface area (Å²) in [7, 11) is 0. The lowest BCUT2D eigenvalue weighted by Gasteiger charge is -2.22. The van der Waals surface area contributed by atoms with Crippen LogP contribution in [0.4, 0.5) is 5.69 Å². The Labute approximate surface area is 161 Å². The fourth-order valence-electron chi connectivity index (χ4n) is 3.21. The van der Waals surface area contributed by atoms with Gasteiger partial charge in [-0.15, -0.1) is 0 Å². The Balaban J connectivity index is 1.49. The second kappa shape index (κ2) is 9.53. The zero-order valence-corrected chi connectivity index (χ0v) is 16.2. The van der Waals surface area contributed by atoms with Crippen LogP contribution in [-0.2, 0) is 22.6 Å². The van der Waals surface area contributed by atoms with Gasteiger partial charge in [-0.05, 0) is 61.1 Å². The molecule has 0 atom stereocenters. The van der Waals surface area contributed by atoms with E-state index in [1.54, 1.807) is 0 Å². The largest absolute Gasteiger partial charge is 0.381 e. The molecule has 1 heterocycles. The number of benzene rings is 2. The second-order valence-corrected chi connectivity index (χ2v) is 7.14. The molecule has 1 aliphatic rings. The van der Waals surface area contributed by atoms with Crippen molar-refractivity contribution in [3.8, 4) is 0 Å². The van der Waals surface area contributed by atoms with E-state index in [0.29, 0.717) is 25.2 Å². The minimum Gasteiger partial charge on any atom is -0.381 e. The van der Waals surface area contributed by atoms with Crippen LogP contribution >= 0.6 is 0 Å². The lowest BCUT2D eigenvalue weighted by atomic mass is 10.1. The number of aryl methyl sites for hydroxylation is 2. The standard InChI is InChI=1S/C22H29N3O2/c1-16-11-17(2)13-20(12-16)25-22(23)24-14-18-3-5-19(6-4-18)15-27-21-7-9-26-10-8-21/h3-6,11-13,21H,7-10,14-15H2,1-2H3,(H3,23,24,25). The average molecular weight is 367 g/mol. The molecule has 0 aliphatic carbocycles. The smallest absolute Gasteiger partial charge is 0.193 e. The Kier molecular flexibility index (Phi) is 6.85. The van der Waals surface area contributed by atoms with E-state index in [1.807, 2.05) is 0 Å². The lowest BCUT2D eigenvalue weighted by Crippen LogP contribution is -2.23. The lowest BCUT2D eigenvalue weighted by molar-refractivity contribution is -0.0390. The number of nitrogens with two attached hydrogens (primary N) is 1. The molecule has 0 unspecified atom stereocenters.